The van der Waals surface area contributed by atoms with Gasteiger partial charge in [-0.2, -0.15) is 0 Å². The molecule has 0 amide bonds. The molecule has 0 radical (unpaired) electrons. The fourth-order valence-electron chi connectivity index (χ4n) is 2.52. The molecule has 0 spiro atoms. The van der Waals surface area contributed by atoms with Crippen LogP contribution >= 0.6 is 0 Å². The third kappa shape index (κ3) is 5.44. The van der Waals surface area contributed by atoms with E-state index in [9.17, 15) is 8.42 Å². The van der Waals surface area contributed by atoms with Gasteiger partial charge in [0.05, 0.1) is 17.8 Å². The minimum absolute atomic E-state index is 0.107. The predicted octanol–water partition coefficient (Wildman–Crippen LogP) is 3.39. The highest BCUT2D eigenvalue weighted by Crippen LogP contribution is 2.27. The molecule has 0 aliphatic rings. The van der Waals surface area contributed by atoms with Crippen LogP contribution < -0.4 is 10.5 Å². The zero-order valence-corrected chi connectivity index (χ0v) is 15.0. The van der Waals surface area contributed by atoms with Crippen molar-refractivity contribution in [2.24, 2.45) is 11.7 Å². The molecule has 24 heavy (non-hydrogen) atoms. The Morgan fingerprint density at radius 1 is 0.917 bits per heavy atom. The van der Waals surface area contributed by atoms with E-state index in [1.165, 1.54) is 0 Å². The van der Waals surface area contributed by atoms with E-state index in [0.717, 1.165) is 11.1 Å². The second-order valence-electron chi connectivity index (χ2n) is 6.44. The highest BCUT2D eigenvalue weighted by Gasteiger charge is 2.26. The van der Waals surface area contributed by atoms with Crippen molar-refractivity contribution in [3.8, 4) is 0 Å². The Morgan fingerprint density at radius 2 is 1.42 bits per heavy atom. The lowest BCUT2D eigenvalue weighted by molar-refractivity contribution is 0.499. The normalized spacial score (nSPS) is 14.5. The Morgan fingerprint density at radius 3 is 1.92 bits per heavy atom. The van der Waals surface area contributed by atoms with Gasteiger partial charge in [-0.05, 0) is 23.5 Å². The van der Waals surface area contributed by atoms with Gasteiger partial charge in [0.25, 0.3) is 0 Å². The van der Waals surface area contributed by atoms with E-state index in [-0.39, 0.29) is 5.75 Å². The molecule has 2 atom stereocenters. The summed E-state index contributed by atoms with van der Waals surface area (Å²) in [5.74, 6) is 0.440. The van der Waals surface area contributed by atoms with Crippen molar-refractivity contribution in [3.05, 3.63) is 71.8 Å². The Kier molecular flexibility index (Phi) is 6.54. The fourth-order valence-corrected chi connectivity index (χ4v) is 4.09. The van der Waals surface area contributed by atoms with Crippen LogP contribution in [0.25, 0.3) is 0 Å². The molecule has 4 nitrogen and oxygen atoms in total. The van der Waals surface area contributed by atoms with Gasteiger partial charge < -0.3 is 5.73 Å². The first-order valence-corrected chi connectivity index (χ1v) is 9.90. The van der Waals surface area contributed by atoms with E-state index in [2.05, 4.69) is 4.72 Å². The van der Waals surface area contributed by atoms with Crippen molar-refractivity contribution < 1.29 is 8.42 Å². The van der Waals surface area contributed by atoms with Gasteiger partial charge in [0.15, 0.2) is 0 Å². The van der Waals surface area contributed by atoms with Crippen LogP contribution in [0.15, 0.2) is 60.7 Å². The lowest BCUT2D eigenvalue weighted by Crippen LogP contribution is -2.37. The number of nitrogens with one attached hydrogen (secondary N) is 1. The molecule has 2 aromatic rings. The molecule has 3 N–H and O–H groups in total. The monoisotopic (exact) mass is 346 g/mol. The Balaban J connectivity index is 2.27. The Hall–Kier alpha value is -1.69. The van der Waals surface area contributed by atoms with Crippen molar-refractivity contribution in [3.63, 3.8) is 0 Å². The standard InChI is InChI=1S/C19H26N2O2S/c1-15(2)13-14-24(22,23)21-19(17-11-7-4-8-12-17)18(20)16-9-5-3-6-10-16/h3-12,15,18-19,21H,13-14,20H2,1-2H3. The van der Waals surface area contributed by atoms with Gasteiger partial charge in [-0.3, -0.25) is 0 Å². The van der Waals surface area contributed by atoms with E-state index < -0.39 is 22.1 Å². The molecule has 0 bridgehead atoms. The summed E-state index contributed by atoms with van der Waals surface area (Å²) >= 11 is 0. The van der Waals surface area contributed by atoms with Gasteiger partial charge >= 0.3 is 0 Å². The van der Waals surface area contributed by atoms with E-state index >= 15 is 0 Å². The van der Waals surface area contributed by atoms with Crippen molar-refractivity contribution in [1.29, 1.82) is 0 Å². The van der Waals surface area contributed by atoms with Crippen LogP contribution in [0.4, 0.5) is 0 Å². The predicted molar refractivity (Wildman–Crippen MR) is 98.9 cm³/mol. The third-order valence-corrected chi connectivity index (χ3v) is 5.36. The molecule has 0 aliphatic carbocycles. The average Bonchev–Trinajstić information content (AvgIpc) is 2.59. The van der Waals surface area contributed by atoms with Crippen LogP contribution in [-0.2, 0) is 10.0 Å². The van der Waals surface area contributed by atoms with E-state index in [0.29, 0.717) is 12.3 Å². The molecular weight excluding hydrogens is 320 g/mol. The van der Waals surface area contributed by atoms with Gasteiger partial charge in [-0.15, -0.1) is 0 Å². The summed E-state index contributed by atoms with van der Waals surface area (Å²) in [6, 6.07) is 18.1. The van der Waals surface area contributed by atoms with Gasteiger partial charge in [0, 0.05) is 0 Å². The maximum atomic E-state index is 12.5. The van der Waals surface area contributed by atoms with Crippen LogP contribution in [0.3, 0.4) is 0 Å². The molecule has 5 heteroatoms. The van der Waals surface area contributed by atoms with E-state index in [4.69, 9.17) is 5.73 Å². The molecule has 130 valence electrons. The van der Waals surface area contributed by atoms with Crippen LogP contribution in [0.1, 0.15) is 43.5 Å². The van der Waals surface area contributed by atoms with Gasteiger partial charge in [-0.1, -0.05) is 74.5 Å². The first kappa shape index (κ1) is 18.6. The third-order valence-electron chi connectivity index (χ3n) is 3.97. The number of benzene rings is 2. The maximum Gasteiger partial charge on any atom is 0.212 e. The Bertz CT molecular complexity index is 716. The maximum absolute atomic E-state index is 12.5. The molecule has 2 unspecified atom stereocenters. The summed E-state index contributed by atoms with van der Waals surface area (Å²) in [6.45, 7) is 4.03. The molecule has 0 aliphatic heterocycles. The summed E-state index contributed by atoms with van der Waals surface area (Å²) in [5.41, 5.74) is 8.17. The molecule has 2 rings (SSSR count). The van der Waals surface area contributed by atoms with Crippen LogP contribution in [-0.4, -0.2) is 14.2 Å². The number of rotatable bonds is 8. The Labute approximate surface area is 145 Å². The minimum Gasteiger partial charge on any atom is -0.322 e. The first-order chi connectivity index (χ1) is 11.4. The molecular formula is C19H26N2O2S. The SMILES string of the molecule is CC(C)CCS(=O)(=O)NC(c1ccccc1)C(N)c1ccccc1. The zero-order chi connectivity index (χ0) is 17.6. The van der Waals surface area contributed by atoms with E-state index in [1.807, 2.05) is 74.5 Å². The number of nitrogens with two attached hydrogens (primary N) is 1. The fraction of sp³-hybridized carbons (Fsp3) is 0.368. The average molecular weight is 346 g/mol. The summed E-state index contributed by atoms with van der Waals surface area (Å²) in [4.78, 5) is 0. The topological polar surface area (TPSA) is 72.2 Å². The van der Waals surface area contributed by atoms with Crippen LogP contribution in [0, 0.1) is 5.92 Å². The molecule has 2 aromatic carbocycles. The lowest BCUT2D eigenvalue weighted by Gasteiger charge is -2.26. The molecule has 0 aromatic heterocycles. The number of sulfonamides is 1. The summed E-state index contributed by atoms with van der Waals surface area (Å²) < 4.78 is 27.8. The highest BCUT2D eigenvalue weighted by molar-refractivity contribution is 7.89. The quantitative estimate of drug-likeness (QED) is 0.769. The molecule has 0 heterocycles. The van der Waals surface area contributed by atoms with Crippen molar-refractivity contribution in [2.75, 3.05) is 5.75 Å². The second-order valence-corrected chi connectivity index (χ2v) is 8.32. The van der Waals surface area contributed by atoms with Crippen molar-refractivity contribution >= 4 is 10.0 Å². The molecule has 0 saturated carbocycles. The van der Waals surface area contributed by atoms with Crippen LogP contribution in [0.2, 0.25) is 0 Å². The van der Waals surface area contributed by atoms with Crippen molar-refractivity contribution in [1.82, 2.24) is 4.72 Å². The largest absolute Gasteiger partial charge is 0.322 e. The van der Waals surface area contributed by atoms with E-state index in [1.54, 1.807) is 0 Å². The summed E-state index contributed by atoms with van der Waals surface area (Å²) in [7, 11) is -3.41. The van der Waals surface area contributed by atoms with Crippen LogP contribution in [0.5, 0.6) is 0 Å². The minimum atomic E-state index is -3.41. The highest BCUT2D eigenvalue weighted by atomic mass is 32.2. The first-order valence-electron chi connectivity index (χ1n) is 8.24. The summed E-state index contributed by atoms with van der Waals surface area (Å²) in [6.07, 6.45) is 0.622. The number of hydrogen-bond acceptors (Lipinski definition) is 3. The number of hydrogen-bond donors (Lipinski definition) is 2. The lowest BCUT2D eigenvalue weighted by atomic mass is 9.95. The van der Waals surface area contributed by atoms with Gasteiger partial charge in [0.1, 0.15) is 0 Å². The van der Waals surface area contributed by atoms with Gasteiger partial charge in [-0.25, -0.2) is 13.1 Å². The smallest absolute Gasteiger partial charge is 0.212 e. The molecule has 0 saturated heterocycles. The van der Waals surface area contributed by atoms with Gasteiger partial charge in [0.2, 0.25) is 10.0 Å². The zero-order valence-electron chi connectivity index (χ0n) is 14.2. The molecule has 0 fully saturated rings. The summed E-state index contributed by atoms with van der Waals surface area (Å²) in [5, 5.41) is 0. The van der Waals surface area contributed by atoms with Crippen molar-refractivity contribution in [2.45, 2.75) is 32.4 Å². The second kappa shape index (κ2) is 8.42.